The third-order valence-electron chi connectivity index (χ3n) is 4.80. The van der Waals surface area contributed by atoms with E-state index in [1.807, 2.05) is 24.3 Å². The number of hydrogen-bond donors (Lipinski definition) is 2. The number of amides is 1. The van der Waals surface area contributed by atoms with Crippen LogP contribution in [0.5, 0.6) is 0 Å². The Morgan fingerprint density at radius 1 is 1.25 bits per heavy atom. The number of carbonyl (C=O) groups excluding carboxylic acids is 1. The highest BCUT2D eigenvalue weighted by molar-refractivity contribution is 7.16. The standard InChI is InChI=1S/C18H20ClN3OS/c1-10(2)22-8-7-13-14(9-22)24-18-15(13)17(23)20-16(21-18)11-3-5-12(19)6-4-11/h3-6,10,16,21H,7-9H2,1-2H3,(H,20,23). The average molecular weight is 362 g/mol. The van der Waals surface area contributed by atoms with E-state index in [2.05, 4.69) is 29.4 Å². The van der Waals surface area contributed by atoms with Gasteiger partial charge in [0, 0.05) is 29.0 Å². The van der Waals surface area contributed by atoms with Gasteiger partial charge in [-0.1, -0.05) is 23.7 Å². The maximum Gasteiger partial charge on any atom is 0.256 e. The van der Waals surface area contributed by atoms with Gasteiger partial charge in [0.1, 0.15) is 11.2 Å². The minimum Gasteiger partial charge on any atom is -0.353 e. The fourth-order valence-corrected chi connectivity index (χ4v) is 4.82. The molecule has 1 atom stereocenters. The molecule has 0 spiro atoms. The molecule has 1 unspecified atom stereocenters. The first kappa shape index (κ1) is 15.9. The Morgan fingerprint density at radius 3 is 2.71 bits per heavy atom. The molecule has 0 saturated heterocycles. The molecular weight excluding hydrogens is 342 g/mol. The van der Waals surface area contributed by atoms with Crippen molar-refractivity contribution in [2.45, 2.75) is 39.0 Å². The second kappa shape index (κ2) is 6.06. The average Bonchev–Trinajstić information content (AvgIpc) is 2.93. The summed E-state index contributed by atoms with van der Waals surface area (Å²) in [5.41, 5.74) is 3.09. The minimum absolute atomic E-state index is 0.0270. The lowest BCUT2D eigenvalue weighted by Crippen LogP contribution is -2.39. The molecule has 3 heterocycles. The number of thiophene rings is 1. The van der Waals surface area contributed by atoms with Gasteiger partial charge in [-0.25, -0.2) is 0 Å². The first-order valence-electron chi connectivity index (χ1n) is 8.24. The summed E-state index contributed by atoms with van der Waals surface area (Å²) in [7, 11) is 0. The molecule has 0 radical (unpaired) electrons. The Hall–Kier alpha value is -1.56. The van der Waals surface area contributed by atoms with Crippen LogP contribution in [0.25, 0.3) is 0 Å². The number of fused-ring (bicyclic) bond motifs is 3. The monoisotopic (exact) mass is 361 g/mol. The Labute approximate surface area is 150 Å². The Balaban J connectivity index is 1.65. The molecule has 4 nitrogen and oxygen atoms in total. The van der Waals surface area contributed by atoms with Crippen LogP contribution in [0.1, 0.15) is 46.4 Å². The van der Waals surface area contributed by atoms with Crippen molar-refractivity contribution < 1.29 is 4.79 Å². The molecule has 126 valence electrons. The molecule has 2 aliphatic rings. The summed E-state index contributed by atoms with van der Waals surface area (Å²) in [4.78, 5) is 16.5. The van der Waals surface area contributed by atoms with Crippen LogP contribution in [0.3, 0.4) is 0 Å². The molecule has 1 aromatic carbocycles. The van der Waals surface area contributed by atoms with Crippen molar-refractivity contribution in [1.29, 1.82) is 0 Å². The van der Waals surface area contributed by atoms with Crippen LogP contribution >= 0.6 is 22.9 Å². The van der Waals surface area contributed by atoms with Crippen molar-refractivity contribution in [3.8, 4) is 0 Å². The largest absolute Gasteiger partial charge is 0.353 e. The Kier molecular flexibility index (Phi) is 4.03. The van der Waals surface area contributed by atoms with Gasteiger partial charge in [0.2, 0.25) is 0 Å². The van der Waals surface area contributed by atoms with Crippen LogP contribution in [-0.4, -0.2) is 23.4 Å². The molecule has 2 aliphatic heterocycles. The molecule has 2 aromatic rings. The van der Waals surface area contributed by atoms with Crippen LogP contribution in [0, 0.1) is 0 Å². The fourth-order valence-electron chi connectivity index (χ4n) is 3.40. The quantitative estimate of drug-likeness (QED) is 0.849. The summed E-state index contributed by atoms with van der Waals surface area (Å²) in [6, 6.07) is 8.11. The van der Waals surface area contributed by atoms with E-state index in [1.165, 1.54) is 10.4 Å². The molecule has 1 amide bonds. The molecule has 1 aromatic heterocycles. The molecule has 0 saturated carbocycles. The molecule has 0 fully saturated rings. The van der Waals surface area contributed by atoms with E-state index in [9.17, 15) is 4.79 Å². The summed E-state index contributed by atoms with van der Waals surface area (Å²) in [5, 5.41) is 8.26. The topological polar surface area (TPSA) is 44.4 Å². The molecule has 4 rings (SSSR count). The summed E-state index contributed by atoms with van der Waals surface area (Å²) in [6.45, 7) is 6.40. The Morgan fingerprint density at radius 2 is 2.00 bits per heavy atom. The number of halogens is 1. The van der Waals surface area contributed by atoms with E-state index in [4.69, 9.17) is 11.6 Å². The van der Waals surface area contributed by atoms with Gasteiger partial charge >= 0.3 is 0 Å². The van der Waals surface area contributed by atoms with Gasteiger partial charge in [-0.15, -0.1) is 11.3 Å². The second-order valence-electron chi connectivity index (χ2n) is 6.62. The number of benzene rings is 1. The molecule has 24 heavy (non-hydrogen) atoms. The van der Waals surface area contributed by atoms with Crippen molar-refractivity contribution in [2.24, 2.45) is 0 Å². The van der Waals surface area contributed by atoms with Crippen molar-refractivity contribution in [3.05, 3.63) is 50.9 Å². The van der Waals surface area contributed by atoms with Crippen LogP contribution in [0.15, 0.2) is 24.3 Å². The maximum absolute atomic E-state index is 12.7. The number of hydrogen-bond acceptors (Lipinski definition) is 4. The highest BCUT2D eigenvalue weighted by Gasteiger charge is 2.33. The van der Waals surface area contributed by atoms with E-state index >= 15 is 0 Å². The van der Waals surface area contributed by atoms with Crippen molar-refractivity contribution >= 4 is 33.8 Å². The third kappa shape index (κ3) is 2.70. The van der Waals surface area contributed by atoms with Crippen molar-refractivity contribution in [3.63, 3.8) is 0 Å². The van der Waals surface area contributed by atoms with Crippen LogP contribution in [-0.2, 0) is 13.0 Å². The number of carbonyl (C=O) groups is 1. The van der Waals surface area contributed by atoms with Crippen molar-refractivity contribution in [1.82, 2.24) is 10.2 Å². The van der Waals surface area contributed by atoms with E-state index in [1.54, 1.807) is 11.3 Å². The summed E-state index contributed by atoms with van der Waals surface area (Å²) >= 11 is 7.68. The third-order valence-corrected chi connectivity index (χ3v) is 6.20. The highest BCUT2D eigenvalue weighted by Crippen LogP contribution is 2.41. The summed E-state index contributed by atoms with van der Waals surface area (Å²) in [6.07, 6.45) is 0.739. The lowest BCUT2D eigenvalue weighted by atomic mass is 9.99. The molecule has 0 bridgehead atoms. The zero-order chi connectivity index (χ0) is 16.8. The fraction of sp³-hybridized carbons (Fsp3) is 0.389. The van der Waals surface area contributed by atoms with Gasteiger partial charge in [0.15, 0.2) is 0 Å². The lowest BCUT2D eigenvalue weighted by molar-refractivity contribution is 0.0934. The first-order chi connectivity index (χ1) is 11.5. The van der Waals surface area contributed by atoms with Crippen LogP contribution in [0.2, 0.25) is 5.02 Å². The molecular formula is C18H20ClN3OS. The van der Waals surface area contributed by atoms with Gasteiger partial charge in [-0.2, -0.15) is 0 Å². The van der Waals surface area contributed by atoms with Gasteiger partial charge in [0.05, 0.1) is 5.56 Å². The normalized spacial score (nSPS) is 20.3. The lowest BCUT2D eigenvalue weighted by Gasteiger charge is -2.31. The van der Waals surface area contributed by atoms with E-state index < -0.39 is 0 Å². The Bertz CT molecular complexity index is 784. The van der Waals surface area contributed by atoms with Gasteiger partial charge < -0.3 is 10.6 Å². The van der Waals surface area contributed by atoms with Crippen molar-refractivity contribution in [2.75, 3.05) is 11.9 Å². The second-order valence-corrected chi connectivity index (χ2v) is 8.17. The highest BCUT2D eigenvalue weighted by atomic mass is 35.5. The number of rotatable bonds is 2. The summed E-state index contributed by atoms with van der Waals surface area (Å²) in [5.74, 6) is 0.0270. The predicted octanol–water partition coefficient (Wildman–Crippen LogP) is 4.02. The number of nitrogens with zero attached hydrogens (tertiary/aromatic N) is 1. The molecule has 2 N–H and O–H groups in total. The molecule has 6 heteroatoms. The minimum atomic E-state index is -0.205. The van der Waals surface area contributed by atoms with E-state index in [0.717, 1.165) is 35.6 Å². The van der Waals surface area contributed by atoms with E-state index in [-0.39, 0.29) is 12.1 Å². The van der Waals surface area contributed by atoms with Gasteiger partial charge in [-0.3, -0.25) is 9.69 Å². The smallest absolute Gasteiger partial charge is 0.256 e. The van der Waals surface area contributed by atoms with Crippen LogP contribution < -0.4 is 10.6 Å². The summed E-state index contributed by atoms with van der Waals surface area (Å²) < 4.78 is 0. The van der Waals surface area contributed by atoms with Gasteiger partial charge in [0.25, 0.3) is 5.91 Å². The molecule has 0 aliphatic carbocycles. The number of anilines is 1. The zero-order valence-electron chi connectivity index (χ0n) is 13.7. The maximum atomic E-state index is 12.7. The van der Waals surface area contributed by atoms with Gasteiger partial charge in [-0.05, 0) is 43.5 Å². The number of nitrogens with one attached hydrogen (secondary N) is 2. The predicted molar refractivity (Wildman–Crippen MR) is 98.9 cm³/mol. The van der Waals surface area contributed by atoms with E-state index in [0.29, 0.717) is 11.1 Å². The first-order valence-corrected chi connectivity index (χ1v) is 9.44. The van der Waals surface area contributed by atoms with Crippen LogP contribution in [0.4, 0.5) is 5.00 Å². The SMILES string of the molecule is CC(C)N1CCc2c(sc3c2C(=O)NC(c2ccc(Cl)cc2)N3)C1. The zero-order valence-corrected chi connectivity index (χ0v) is 15.3.